The van der Waals surface area contributed by atoms with E-state index in [0.717, 1.165) is 73.1 Å². The van der Waals surface area contributed by atoms with E-state index in [2.05, 4.69) is 35.3 Å². The number of hydrogen-bond donors (Lipinski definition) is 0. The van der Waals surface area contributed by atoms with Gasteiger partial charge in [0.2, 0.25) is 0 Å². The summed E-state index contributed by atoms with van der Waals surface area (Å²) in [6.45, 7) is 0. The third-order valence-corrected chi connectivity index (χ3v) is 6.67. The van der Waals surface area contributed by atoms with E-state index in [-0.39, 0.29) is 11.8 Å². The monoisotopic (exact) mass is 775 g/mol. The number of benzene rings is 2. The van der Waals surface area contributed by atoms with Gasteiger partial charge in [-0.2, -0.15) is 0 Å². The molecule has 0 amide bonds. The third-order valence-electron chi connectivity index (χ3n) is 4.52. The van der Waals surface area contributed by atoms with E-state index in [0.29, 0.717) is 12.0 Å². The molecule has 0 aliphatic carbocycles. The Morgan fingerprint density at radius 1 is 1.29 bits per heavy atom. The molecule has 0 spiro atoms. The molecule has 28 heavy (non-hydrogen) atoms. The topological polar surface area (TPSA) is 71.3 Å². The van der Waals surface area contributed by atoms with E-state index in [1.54, 1.807) is 18.4 Å². The molecule has 0 saturated carbocycles. The summed E-state index contributed by atoms with van der Waals surface area (Å²) in [5.74, 6) is -0.351. The number of hydrogen-bond acceptors (Lipinski definition) is 5. The van der Waals surface area contributed by atoms with Crippen molar-refractivity contribution in [1.29, 1.82) is 5.26 Å². The van der Waals surface area contributed by atoms with Crippen molar-refractivity contribution < 1.29 is 4.42 Å². The first-order valence-corrected chi connectivity index (χ1v) is 13.2. The summed E-state index contributed by atoms with van der Waals surface area (Å²) in [6, 6.07) is 16.4. The second-order valence-corrected chi connectivity index (χ2v) is 18.7. The second kappa shape index (κ2) is 8.19. The van der Waals surface area contributed by atoms with Crippen molar-refractivity contribution in [3.63, 3.8) is 0 Å². The van der Waals surface area contributed by atoms with Crippen LogP contribution in [0.25, 0.3) is 31.6 Å². The Bertz CT molecular complexity index is 1320. The molecule has 6 radical (unpaired) electrons. The van der Waals surface area contributed by atoms with Crippen LogP contribution >= 0.6 is 11.3 Å². The molecule has 1 unspecified atom stereocenters. The third kappa shape index (κ3) is 4.02. The Balaban J connectivity index is 1.70. The Morgan fingerprint density at radius 2 is 2.11 bits per heavy atom. The summed E-state index contributed by atoms with van der Waals surface area (Å²) in [4.78, 5) is 17.4. The predicted octanol–water partition coefficient (Wildman–Crippen LogP) is 3.14. The molecule has 0 aliphatic rings. The number of aliphatic imine (C=N–C) groups is 1. The maximum absolute atomic E-state index is 11.7. The van der Waals surface area contributed by atoms with Gasteiger partial charge in [0.25, 0.3) is 0 Å². The number of oxazole rings is 1. The zero-order chi connectivity index (χ0) is 19.8. The fraction of sp³-hybridized carbons (Fsp3) is 0.150. The van der Waals surface area contributed by atoms with E-state index in [9.17, 15) is 10.1 Å². The summed E-state index contributed by atoms with van der Waals surface area (Å²) < 4.78 is 9.12. The van der Waals surface area contributed by atoms with Crippen LogP contribution in [0.4, 0.5) is 0 Å². The van der Waals surface area contributed by atoms with Gasteiger partial charge in [0, 0.05) is 7.05 Å². The SMILES string of the molecule is Cn1c(=O)oc2ccc(-c3cc4ccc(CC(C#N)N=[C]([Pb])[Pb])cc4s3)cc21. The van der Waals surface area contributed by atoms with Crippen LogP contribution in [0.1, 0.15) is 5.56 Å². The number of aryl methyl sites for hydroxylation is 1. The van der Waals surface area contributed by atoms with E-state index in [1.807, 2.05) is 18.2 Å². The van der Waals surface area contributed by atoms with Gasteiger partial charge in [-0.25, -0.2) is 4.79 Å². The molecule has 0 saturated heterocycles. The fourth-order valence-corrected chi connectivity index (χ4v) is 5.46. The first-order chi connectivity index (χ1) is 13.4. The Morgan fingerprint density at radius 3 is 2.86 bits per heavy atom. The Hall–Kier alpha value is -1.33. The fourth-order valence-electron chi connectivity index (χ4n) is 3.12. The van der Waals surface area contributed by atoms with Crippen molar-refractivity contribution in [3.8, 4) is 16.5 Å². The van der Waals surface area contributed by atoms with Gasteiger partial charge in [-0.15, -0.1) is 0 Å². The van der Waals surface area contributed by atoms with Gasteiger partial charge >= 0.3 is 172 Å². The molecule has 0 N–H and O–H groups in total. The van der Waals surface area contributed by atoms with Crippen molar-refractivity contribution in [2.45, 2.75) is 12.5 Å². The summed E-state index contributed by atoms with van der Waals surface area (Å²) in [5.41, 5.74) is 3.58. The molecule has 134 valence electrons. The second-order valence-electron chi connectivity index (χ2n) is 6.42. The average Bonchev–Trinajstić information content (AvgIpc) is 3.21. The zero-order valence-electron chi connectivity index (χ0n) is 14.9. The molecule has 1 atom stereocenters. The Labute approximate surface area is 197 Å². The molecule has 2 aromatic carbocycles. The van der Waals surface area contributed by atoms with Gasteiger partial charge in [0.15, 0.2) is 5.58 Å². The van der Waals surface area contributed by atoms with Crippen LogP contribution in [0, 0.1) is 11.3 Å². The molecule has 0 bridgehead atoms. The molecule has 2 aromatic heterocycles. The van der Waals surface area contributed by atoms with Crippen LogP contribution in [-0.2, 0) is 13.5 Å². The molecule has 0 fully saturated rings. The minimum absolute atomic E-state index is 0.285. The standard InChI is InChI=1S/C20H13N3O2S.2Pb/c1-22-15(11-21)7-12-3-4-14-10-19(26-18(14)8-12)13-5-6-17-16(9-13)23(2)20(24)25-17;;/h3-6,8-10,15H,7H2,2H3;;. The van der Waals surface area contributed by atoms with Gasteiger partial charge in [-0.3, -0.25) is 4.57 Å². The molecular formula is C20H13N3O2Pb2S. The number of nitrogens with zero attached hydrogens (tertiary/aromatic N) is 3. The van der Waals surface area contributed by atoms with E-state index in [1.165, 1.54) is 15.5 Å². The van der Waals surface area contributed by atoms with Crippen molar-refractivity contribution >= 4 is 84.9 Å². The molecule has 2 heterocycles. The average molecular weight is 774 g/mol. The molecule has 0 aliphatic heterocycles. The molecule has 4 aromatic rings. The van der Waals surface area contributed by atoms with E-state index < -0.39 is 0 Å². The molecular weight excluding hydrogens is 761 g/mol. The Kier molecular flexibility index (Phi) is 5.84. The summed E-state index contributed by atoms with van der Waals surface area (Å²) in [7, 11) is 1.71. The number of fused-ring (bicyclic) bond motifs is 2. The van der Waals surface area contributed by atoms with Gasteiger partial charge in [-0.1, -0.05) is 0 Å². The molecule has 5 nitrogen and oxygen atoms in total. The number of rotatable bonds is 4. The number of aromatic nitrogens is 1. The summed E-state index contributed by atoms with van der Waals surface area (Å²) >= 11 is 3.60. The van der Waals surface area contributed by atoms with Crippen molar-refractivity contribution in [1.82, 2.24) is 4.57 Å². The van der Waals surface area contributed by atoms with Gasteiger partial charge in [0.05, 0.1) is 0 Å². The van der Waals surface area contributed by atoms with E-state index in [4.69, 9.17) is 4.42 Å². The minimum atomic E-state index is -0.351. The predicted molar refractivity (Wildman–Crippen MR) is 114 cm³/mol. The quantitative estimate of drug-likeness (QED) is 0.237. The van der Waals surface area contributed by atoms with Crippen molar-refractivity contribution in [3.05, 3.63) is 58.6 Å². The number of nitriles is 1. The van der Waals surface area contributed by atoms with Crippen LogP contribution in [-0.4, -0.2) is 63.0 Å². The first-order valence-electron chi connectivity index (χ1n) is 8.47. The molecule has 4 rings (SSSR count). The number of thiophene rings is 1. The van der Waals surface area contributed by atoms with Crippen molar-refractivity contribution in [2.75, 3.05) is 0 Å². The van der Waals surface area contributed by atoms with Crippen LogP contribution in [0.5, 0.6) is 0 Å². The maximum atomic E-state index is 11.7. The van der Waals surface area contributed by atoms with Crippen LogP contribution in [0.2, 0.25) is 0 Å². The van der Waals surface area contributed by atoms with Gasteiger partial charge < -0.3 is 4.42 Å². The summed E-state index contributed by atoms with van der Waals surface area (Å²) in [6.07, 6.45) is 0.650. The van der Waals surface area contributed by atoms with Gasteiger partial charge in [-0.05, 0) is 0 Å². The van der Waals surface area contributed by atoms with Crippen molar-refractivity contribution in [2.24, 2.45) is 12.0 Å². The summed E-state index contributed by atoms with van der Waals surface area (Å²) in [5, 5.41) is 10.5. The van der Waals surface area contributed by atoms with Crippen LogP contribution < -0.4 is 5.76 Å². The van der Waals surface area contributed by atoms with E-state index >= 15 is 0 Å². The van der Waals surface area contributed by atoms with Crippen LogP contribution in [0.3, 0.4) is 0 Å². The molecule has 8 heteroatoms. The van der Waals surface area contributed by atoms with Gasteiger partial charge in [0.1, 0.15) is 0 Å². The normalized spacial score (nSPS) is 12.2. The van der Waals surface area contributed by atoms with Crippen LogP contribution in [0.15, 0.2) is 56.7 Å². The zero-order valence-corrected chi connectivity index (χ0v) is 23.5. The first kappa shape index (κ1) is 20.0.